The van der Waals surface area contributed by atoms with Gasteiger partial charge in [0.1, 0.15) is 0 Å². The first-order chi connectivity index (χ1) is 14.9. The highest BCUT2D eigenvalue weighted by atomic mass is 32.3. The van der Waals surface area contributed by atoms with Crippen molar-refractivity contribution in [2.75, 3.05) is 13.1 Å². The topological polar surface area (TPSA) is 119 Å². The van der Waals surface area contributed by atoms with Crippen LogP contribution in [0.5, 0.6) is 0 Å². The number of hydrogen-bond donors (Lipinski definition) is 3. The number of nitrogens with one attached hydrogen (secondary N) is 1. The van der Waals surface area contributed by atoms with Gasteiger partial charge in [-0.2, -0.15) is 4.40 Å². The van der Waals surface area contributed by atoms with E-state index < -0.39 is 16.5 Å². The number of oxazole rings is 1. The molecule has 0 saturated carbocycles. The third-order valence-corrected chi connectivity index (χ3v) is 6.76. The van der Waals surface area contributed by atoms with Crippen molar-refractivity contribution in [1.82, 2.24) is 9.88 Å². The summed E-state index contributed by atoms with van der Waals surface area (Å²) in [5.74, 6) is -0.481. The van der Waals surface area contributed by atoms with E-state index in [2.05, 4.69) is 21.5 Å². The van der Waals surface area contributed by atoms with Crippen LogP contribution in [0.4, 0.5) is 0 Å². The van der Waals surface area contributed by atoms with Gasteiger partial charge in [-0.05, 0) is 30.5 Å². The van der Waals surface area contributed by atoms with Crippen LogP contribution in [-0.4, -0.2) is 43.7 Å². The van der Waals surface area contributed by atoms with E-state index in [4.69, 9.17) is 4.42 Å². The molecule has 0 unspecified atom stereocenters. The van der Waals surface area contributed by atoms with Crippen LogP contribution in [0.3, 0.4) is 0 Å². The lowest BCUT2D eigenvalue weighted by atomic mass is 10.1. The zero-order valence-corrected chi connectivity index (χ0v) is 17.8. The first-order valence-electron chi connectivity index (χ1n) is 10.2. The molecular formula is C22H25N3O5S. The van der Waals surface area contributed by atoms with E-state index in [1.165, 1.54) is 17.7 Å². The predicted octanol–water partition coefficient (Wildman–Crippen LogP) is 4.23. The van der Waals surface area contributed by atoms with E-state index in [1.807, 2.05) is 23.1 Å². The maximum atomic E-state index is 12.5. The molecule has 31 heavy (non-hydrogen) atoms. The van der Waals surface area contributed by atoms with Crippen LogP contribution in [0, 0.1) is 0 Å². The minimum atomic E-state index is -3.42. The number of piperidine rings is 1. The third kappa shape index (κ3) is 5.25. The molecule has 4 rings (SSSR count). The SMILES string of the molecule is O=C(CCCc1ccccc1)N1CCC(=NS(O)(O)c2ccc3[nH]c(=O)oc3c2)CC1. The van der Waals surface area contributed by atoms with Gasteiger partial charge in [-0.1, -0.05) is 41.1 Å². The van der Waals surface area contributed by atoms with Crippen LogP contribution < -0.4 is 5.76 Å². The molecule has 164 valence electrons. The zero-order chi connectivity index (χ0) is 21.8. The van der Waals surface area contributed by atoms with E-state index in [-0.39, 0.29) is 16.4 Å². The average Bonchev–Trinajstić information content (AvgIpc) is 3.14. The lowest BCUT2D eigenvalue weighted by molar-refractivity contribution is -0.131. The second-order valence-electron chi connectivity index (χ2n) is 7.57. The highest BCUT2D eigenvalue weighted by Crippen LogP contribution is 2.50. The minimum Gasteiger partial charge on any atom is -0.408 e. The summed E-state index contributed by atoms with van der Waals surface area (Å²) in [4.78, 5) is 28.3. The Kier molecular flexibility index (Phi) is 6.26. The van der Waals surface area contributed by atoms with Crippen molar-refractivity contribution in [1.29, 1.82) is 0 Å². The van der Waals surface area contributed by atoms with Gasteiger partial charge in [0.15, 0.2) is 5.58 Å². The maximum Gasteiger partial charge on any atom is 0.417 e. The molecule has 8 nitrogen and oxygen atoms in total. The number of amides is 1. The molecule has 1 aliphatic rings. The number of carbonyl (C=O) groups is 1. The number of H-pyrrole nitrogens is 1. The second-order valence-corrected chi connectivity index (χ2v) is 9.26. The molecule has 0 bridgehead atoms. The van der Waals surface area contributed by atoms with Crippen LogP contribution in [0.2, 0.25) is 0 Å². The van der Waals surface area contributed by atoms with Gasteiger partial charge in [-0.3, -0.25) is 18.9 Å². The highest BCUT2D eigenvalue weighted by molar-refractivity contribution is 8.23. The Balaban J connectivity index is 1.32. The van der Waals surface area contributed by atoms with Crippen molar-refractivity contribution >= 4 is 33.5 Å². The number of likely N-dealkylation sites (tertiary alicyclic amines) is 1. The molecule has 0 atom stereocenters. The van der Waals surface area contributed by atoms with Crippen molar-refractivity contribution in [3.63, 3.8) is 0 Å². The zero-order valence-electron chi connectivity index (χ0n) is 17.0. The van der Waals surface area contributed by atoms with E-state index in [0.29, 0.717) is 43.6 Å². The molecule has 1 aliphatic heterocycles. The summed E-state index contributed by atoms with van der Waals surface area (Å²) in [6, 6.07) is 14.6. The van der Waals surface area contributed by atoms with Gasteiger partial charge in [-0.25, -0.2) is 4.79 Å². The fourth-order valence-electron chi connectivity index (χ4n) is 3.68. The van der Waals surface area contributed by atoms with E-state index in [1.54, 1.807) is 6.07 Å². The lowest BCUT2D eigenvalue weighted by Gasteiger charge is -2.32. The molecule has 2 heterocycles. The molecule has 3 aromatic rings. The number of aromatic amines is 1. The summed E-state index contributed by atoms with van der Waals surface area (Å²) in [5.41, 5.74) is 2.63. The van der Waals surface area contributed by atoms with Gasteiger partial charge in [0, 0.05) is 44.1 Å². The molecular weight excluding hydrogens is 418 g/mol. The predicted molar refractivity (Wildman–Crippen MR) is 121 cm³/mol. The van der Waals surface area contributed by atoms with Gasteiger partial charge in [0.05, 0.1) is 10.4 Å². The normalized spacial score (nSPS) is 15.3. The molecule has 1 fully saturated rings. The van der Waals surface area contributed by atoms with Crippen molar-refractivity contribution in [3.8, 4) is 0 Å². The summed E-state index contributed by atoms with van der Waals surface area (Å²) in [6.45, 7) is 1.04. The van der Waals surface area contributed by atoms with Crippen LogP contribution >= 0.6 is 10.8 Å². The van der Waals surface area contributed by atoms with E-state index >= 15 is 0 Å². The monoisotopic (exact) mass is 443 g/mol. The van der Waals surface area contributed by atoms with E-state index in [0.717, 1.165) is 12.8 Å². The quantitative estimate of drug-likeness (QED) is 0.527. The molecule has 1 amide bonds. The molecule has 0 radical (unpaired) electrons. The van der Waals surface area contributed by atoms with Gasteiger partial charge >= 0.3 is 5.76 Å². The maximum absolute atomic E-state index is 12.5. The first kappa shape index (κ1) is 21.4. The van der Waals surface area contributed by atoms with Crippen molar-refractivity contribution in [2.45, 2.75) is 37.0 Å². The van der Waals surface area contributed by atoms with Crippen LogP contribution in [0.15, 0.2) is 67.0 Å². The summed E-state index contributed by atoms with van der Waals surface area (Å²) in [5, 5.41) is 0. The highest BCUT2D eigenvalue weighted by Gasteiger charge is 2.23. The lowest BCUT2D eigenvalue weighted by Crippen LogP contribution is -2.38. The Labute approximate surface area is 181 Å². The number of nitrogens with zero attached hydrogens (tertiary/aromatic N) is 2. The number of hydrogen-bond acceptors (Lipinski definition) is 6. The summed E-state index contributed by atoms with van der Waals surface area (Å²) >= 11 is 0. The van der Waals surface area contributed by atoms with Gasteiger partial charge < -0.3 is 9.32 Å². The molecule has 3 N–H and O–H groups in total. The summed E-state index contributed by atoms with van der Waals surface area (Å²) < 4.78 is 30.3. The number of fused-ring (bicyclic) bond motifs is 1. The molecule has 1 aromatic heterocycles. The minimum absolute atomic E-state index is 0.120. The number of aryl methyl sites for hydroxylation is 1. The average molecular weight is 444 g/mol. The largest absolute Gasteiger partial charge is 0.417 e. The van der Waals surface area contributed by atoms with Crippen molar-refractivity contribution in [3.05, 3.63) is 64.6 Å². The van der Waals surface area contributed by atoms with Crippen molar-refractivity contribution in [2.24, 2.45) is 4.40 Å². The Bertz CT molecular complexity index is 1140. The molecule has 1 saturated heterocycles. The van der Waals surface area contributed by atoms with Gasteiger partial charge in [-0.15, -0.1) is 0 Å². The number of rotatable bonds is 6. The summed E-state index contributed by atoms with van der Waals surface area (Å²) in [6.07, 6.45) is 3.18. The Hall–Kier alpha value is -2.88. The van der Waals surface area contributed by atoms with Crippen LogP contribution in [-0.2, 0) is 11.2 Å². The van der Waals surface area contributed by atoms with Crippen molar-refractivity contribution < 1.29 is 18.3 Å². The Morgan fingerprint density at radius 3 is 2.61 bits per heavy atom. The van der Waals surface area contributed by atoms with E-state index in [9.17, 15) is 18.7 Å². The van der Waals surface area contributed by atoms with Crippen LogP contribution in [0.25, 0.3) is 11.1 Å². The van der Waals surface area contributed by atoms with Gasteiger partial charge in [0.2, 0.25) is 5.91 Å². The first-order valence-corrected chi connectivity index (χ1v) is 11.7. The summed E-state index contributed by atoms with van der Waals surface area (Å²) in [7, 11) is -3.42. The smallest absolute Gasteiger partial charge is 0.408 e. The Morgan fingerprint density at radius 2 is 1.87 bits per heavy atom. The fraction of sp³-hybridized carbons (Fsp3) is 0.318. The molecule has 9 heteroatoms. The third-order valence-electron chi connectivity index (χ3n) is 5.36. The number of benzene rings is 2. The number of aromatic nitrogens is 1. The molecule has 2 aromatic carbocycles. The van der Waals surface area contributed by atoms with Crippen LogP contribution in [0.1, 0.15) is 31.2 Å². The standard InChI is InChI=1S/C22H25N3O5S/c26-21(8-4-7-16-5-2-1-3-6-16)25-13-11-17(12-14-25)24-31(28,29)18-9-10-19-20(15-18)30-22(27)23-19/h1-3,5-6,9-10,15,28-29H,4,7-8,11-14H2,(H,23,27). The molecule has 0 aliphatic carbocycles. The van der Waals surface area contributed by atoms with Gasteiger partial charge in [0.25, 0.3) is 0 Å². The Morgan fingerprint density at radius 1 is 1.13 bits per heavy atom. The number of carbonyl (C=O) groups excluding carboxylic acids is 1. The molecule has 0 spiro atoms. The second kappa shape index (κ2) is 9.09. The fourth-order valence-corrected chi connectivity index (χ4v) is 4.84.